The van der Waals surface area contributed by atoms with Gasteiger partial charge in [-0.15, -0.1) is 0 Å². The van der Waals surface area contributed by atoms with Gasteiger partial charge in [0.2, 0.25) is 0 Å². The zero-order chi connectivity index (χ0) is 12.3. The van der Waals surface area contributed by atoms with Crippen LogP contribution in [0.4, 0.5) is 4.79 Å². The van der Waals surface area contributed by atoms with E-state index in [1.54, 1.807) is 16.7 Å². The molecule has 1 aliphatic heterocycles. The number of likely N-dealkylation sites (tertiary alicyclic amines) is 1. The first kappa shape index (κ1) is 13.6. The summed E-state index contributed by atoms with van der Waals surface area (Å²) < 4.78 is 5.27. The Morgan fingerprint density at radius 2 is 2.12 bits per heavy atom. The third kappa shape index (κ3) is 3.87. The summed E-state index contributed by atoms with van der Waals surface area (Å²) >= 11 is 1.69. The van der Waals surface area contributed by atoms with Gasteiger partial charge in [0.05, 0.1) is 12.6 Å². The van der Waals surface area contributed by atoms with E-state index in [0.717, 1.165) is 5.75 Å². The Morgan fingerprint density at radius 3 is 2.62 bits per heavy atom. The minimum atomic E-state index is -0.473. The molecule has 4 nitrogen and oxygen atoms in total. The van der Waals surface area contributed by atoms with Crippen LogP contribution in [0, 0.1) is 5.92 Å². The molecule has 0 unspecified atom stereocenters. The van der Waals surface area contributed by atoms with Crippen LogP contribution in [0.1, 0.15) is 20.8 Å². The molecule has 5 heteroatoms. The second-order valence-electron chi connectivity index (χ2n) is 5.17. The average molecular weight is 247 g/mol. The molecular weight excluding hydrogens is 226 g/mol. The number of carbonyl (C=O) groups excluding carboxylic acids is 1. The number of β-amino-alcohol motifs (C(OH)–C–C–N with tert-alkyl or cyclic N) is 1. The van der Waals surface area contributed by atoms with Gasteiger partial charge >= 0.3 is 6.09 Å². The first-order chi connectivity index (χ1) is 7.33. The predicted molar refractivity (Wildman–Crippen MR) is 65.7 cm³/mol. The third-order valence-electron chi connectivity index (χ3n) is 2.44. The van der Waals surface area contributed by atoms with Crippen molar-refractivity contribution in [3.05, 3.63) is 0 Å². The molecule has 1 amide bonds. The third-order valence-corrected chi connectivity index (χ3v) is 3.20. The molecule has 16 heavy (non-hydrogen) atoms. The summed E-state index contributed by atoms with van der Waals surface area (Å²) in [6, 6.07) is 0. The number of ether oxygens (including phenoxy) is 1. The zero-order valence-electron chi connectivity index (χ0n) is 10.4. The SMILES string of the molecule is CSC[C@H]1CN(C(=O)OC(C)(C)C)C[C@@H]1O. The Balaban J connectivity index is 2.48. The van der Waals surface area contributed by atoms with Crippen LogP contribution in [0.2, 0.25) is 0 Å². The number of hydrogen-bond donors (Lipinski definition) is 1. The van der Waals surface area contributed by atoms with Gasteiger partial charge in [0.1, 0.15) is 5.60 Å². The molecule has 1 N–H and O–H groups in total. The lowest BCUT2D eigenvalue weighted by atomic mass is 10.1. The maximum atomic E-state index is 11.7. The molecule has 0 radical (unpaired) electrons. The lowest BCUT2D eigenvalue weighted by molar-refractivity contribution is 0.0270. The van der Waals surface area contributed by atoms with Crippen molar-refractivity contribution in [3.8, 4) is 0 Å². The second kappa shape index (κ2) is 5.27. The van der Waals surface area contributed by atoms with Crippen LogP contribution in [-0.2, 0) is 4.74 Å². The van der Waals surface area contributed by atoms with Gasteiger partial charge in [-0.05, 0) is 27.0 Å². The largest absolute Gasteiger partial charge is 0.444 e. The zero-order valence-corrected chi connectivity index (χ0v) is 11.2. The van der Waals surface area contributed by atoms with Crippen molar-refractivity contribution >= 4 is 17.9 Å². The molecule has 0 bridgehead atoms. The van der Waals surface area contributed by atoms with Gasteiger partial charge in [-0.3, -0.25) is 0 Å². The quantitative estimate of drug-likeness (QED) is 0.805. The first-order valence-electron chi connectivity index (χ1n) is 5.48. The topological polar surface area (TPSA) is 49.8 Å². The minimum absolute atomic E-state index is 0.169. The number of nitrogens with zero attached hydrogens (tertiary/aromatic N) is 1. The summed E-state index contributed by atoms with van der Waals surface area (Å²) in [4.78, 5) is 13.3. The van der Waals surface area contributed by atoms with Crippen LogP contribution < -0.4 is 0 Å². The number of amides is 1. The number of thioether (sulfide) groups is 1. The van der Waals surface area contributed by atoms with Crippen molar-refractivity contribution in [2.75, 3.05) is 25.1 Å². The number of rotatable bonds is 2. The summed E-state index contributed by atoms with van der Waals surface area (Å²) in [6.45, 7) is 6.52. The summed E-state index contributed by atoms with van der Waals surface area (Å²) in [5.41, 5.74) is -0.473. The van der Waals surface area contributed by atoms with Crippen LogP contribution in [0.15, 0.2) is 0 Å². The molecule has 1 aliphatic rings. The molecule has 1 saturated heterocycles. The fourth-order valence-electron chi connectivity index (χ4n) is 1.71. The van der Waals surface area contributed by atoms with Crippen molar-refractivity contribution < 1.29 is 14.6 Å². The van der Waals surface area contributed by atoms with Gasteiger partial charge < -0.3 is 14.7 Å². The maximum absolute atomic E-state index is 11.7. The average Bonchev–Trinajstić information content (AvgIpc) is 2.46. The van der Waals surface area contributed by atoms with Crippen molar-refractivity contribution in [1.82, 2.24) is 4.90 Å². The molecular formula is C11H21NO3S. The van der Waals surface area contributed by atoms with E-state index in [-0.39, 0.29) is 12.0 Å². The smallest absolute Gasteiger partial charge is 0.410 e. The van der Waals surface area contributed by atoms with Gasteiger partial charge in [0.15, 0.2) is 0 Å². The van der Waals surface area contributed by atoms with Gasteiger partial charge in [-0.1, -0.05) is 0 Å². The summed E-state index contributed by atoms with van der Waals surface area (Å²) in [5, 5.41) is 9.77. The monoisotopic (exact) mass is 247 g/mol. The standard InChI is InChI=1S/C11H21NO3S/c1-11(2,3)15-10(14)12-5-8(7-16-4)9(13)6-12/h8-9,13H,5-7H2,1-4H3/t8-,9+/m1/s1. The minimum Gasteiger partial charge on any atom is -0.444 e. The second-order valence-corrected chi connectivity index (χ2v) is 6.08. The van der Waals surface area contributed by atoms with E-state index in [1.807, 2.05) is 27.0 Å². The molecule has 0 aromatic heterocycles. The molecule has 2 atom stereocenters. The Bertz CT molecular complexity index is 252. The molecule has 94 valence electrons. The van der Waals surface area contributed by atoms with E-state index >= 15 is 0 Å². The van der Waals surface area contributed by atoms with Gasteiger partial charge in [0.25, 0.3) is 0 Å². The van der Waals surface area contributed by atoms with Gasteiger partial charge in [-0.2, -0.15) is 11.8 Å². The first-order valence-corrected chi connectivity index (χ1v) is 6.88. The lowest BCUT2D eigenvalue weighted by Crippen LogP contribution is -2.35. The predicted octanol–water partition coefficient (Wildman–Crippen LogP) is 1.58. The molecule has 0 saturated carbocycles. The highest BCUT2D eigenvalue weighted by molar-refractivity contribution is 7.98. The molecule has 1 heterocycles. The van der Waals surface area contributed by atoms with Crippen LogP contribution >= 0.6 is 11.8 Å². The molecule has 1 fully saturated rings. The summed E-state index contributed by atoms with van der Waals surface area (Å²) in [5.74, 6) is 1.04. The highest BCUT2D eigenvalue weighted by atomic mass is 32.2. The highest BCUT2D eigenvalue weighted by Gasteiger charge is 2.35. The van der Waals surface area contributed by atoms with Crippen LogP contribution in [0.3, 0.4) is 0 Å². The van der Waals surface area contributed by atoms with Crippen LogP contribution in [0.5, 0.6) is 0 Å². The maximum Gasteiger partial charge on any atom is 0.410 e. The van der Waals surface area contributed by atoms with Crippen LogP contribution in [-0.4, -0.2) is 52.9 Å². The molecule has 0 aliphatic carbocycles. The Hall–Kier alpha value is -0.420. The fraction of sp³-hybridized carbons (Fsp3) is 0.909. The lowest BCUT2D eigenvalue weighted by Gasteiger charge is -2.24. The normalized spacial score (nSPS) is 25.9. The van der Waals surface area contributed by atoms with E-state index in [9.17, 15) is 9.90 Å². The molecule has 1 rings (SSSR count). The highest BCUT2D eigenvalue weighted by Crippen LogP contribution is 2.22. The number of carbonyl (C=O) groups is 1. The van der Waals surface area contributed by atoms with Crippen molar-refractivity contribution in [1.29, 1.82) is 0 Å². The molecule has 0 aromatic carbocycles. The molecule has 0 aromatic rings. The van der Waals surface area contributed by atoms with E-state index in [4.69, 9.17) is 4.74 Å². The summed E-state index contributed by atoms with van der Waals surface area (Å²) in [7, 11) is 0. The number of hydrogen-bond acceptors (Lipinski definition) is 4. The van der Waals surface area contributed by atoms with E-state index in [0.29, 0.717) is 13.1 Å². The van der Waals surface area contributed by atoms with Crippen molar-refractivity contribution in [3.63, 3.8) is 0 Å². The Kier molecular flexibility index (Phi) is 4.50. The van der Waals surface area contributed by atoms with Crippen molar-refractivity contribution in [2.45, 2.75) is 32.5 Å². The summed E-state index contributed by atoms with van der Waals surface area (Å²) in [6.07, 6.45) is 1.26. The van der Waals surface area contributed by atoms with Crippen LogP contribution in [0.25, 0.3) is 0 Å². The van der Waals surface area contributed by atoms with E-state index in [1.165, 1.54) is 0 Å². The van der Waals surface area contributed by atoms with Crippen molar-refractivity contribution in [2.24, 2.45) is 5.92 Å². The number of aliphatic hydroxyl groups is 1. The Labute approximate surface area is 101 Å². The van der Waals surface area contributed by atoms with E-state index < -0.39 is 11.7 Å². The number of aliphatic hydroxyl groups excluding tert-OH is 1. The fourth-order valence-corrected chi connectivity index (χ4v) is 2.46. The molecule has 0 spiro atoms. The van der Waals surface area contributed by atoms with Gasteiger partial charge in [-0.25, -0.2) is 4.79 Å². The van der Waals surface area contributed by atoms with Gasteiger partial charge in [0, 0.05) is 18.2 Å². The Morgan fingerprint density at radius 1 is 1.50 bits per heavy atom. The van der Waals surface area contributed by atoms with E-state index in [2.05, 4.69) is 0 Å².